The molecule has 13 nitrogen and oxygen atoms in total. The number of halogens is 3. The molecule has 1 aromatic heterocycles. The van der Waals surface area contributed by atoms with Crippen LogP contribution in [0.3, 0.4) is 0 Å². The molecule has 2 aromatic carbocycles. The molecule has 16 heteroatoms. The highest BCUT2D eigenvalue weighted by molar-refractivity contribution is 6.00. The van der Waals surface area contributed by atoms with Gasteiger partial charge >= 0.3 is 6.18 Å². The summed E-state index contributed by atoms with van der Waals surface area (Å²) in [5, 5.41) is 17.6. The second-order valence-corrected chi connectivity index (χ2v) is 10.8. The minimum absolute atomic E-state index is 0.134. The maximum absolute atomic E-state index is 13.6. The molecule has 3 unspecified atom stereocenters. The number of carbonyl (C=O) groups excluding carboxylic acids is 4. The molecule has 3 amide bonds. The average molecular weight is 661 g/mol. The number of pyridine rings is 1. The summed E-state index contributed by atoms with van der Waals surface area (Å²) in [5.41, 5.74) is 17.2. The van der Waals surface area contributed by atoms with Crippen molar-refractivity contribution in [1.29, 1.82) is 0 Å². The molecule has 3 atom stereocenters. The van der Waals surface area contributed by atoms with Gasteiger partial charge in [0.15, 0.2) is 0 Å². The zero-order valence-corrected chi connectivity index (χ0v) is 25.5. The number of aromatic nitrogens is 1. The van der Waals surface area contributed by atoms with E-state index in [-0.39, 0.29) is 37.3 Å². The molecule has 0 fully saturated rings. The van der Waals surface area contributed by atoms with E-state index in [0.29, 0.717) is 24.0 Å². The Morgan fingerprint density at radius 1 is 0.894 bits per heavy atom. The lowest BCUT2D eigenvalue weighted by Crippen LogP contribution is -2.56. The van der Waals surface area contributed by atoms with Crippen LogP contribution in [0.15, 0.2) is 60.8 Å². The number of aliphatic hydroxyl groups is 1. The van der Waals surface area contributed by atoms with Crippen molar-refractivity contribution < 1.29 is 37.5 Å². The normalized spacial score (nSPS) is 13.5. The van der Waals surface area contributed by atoms with Crippen LogP contribution < -0.4 is 33.2 Å². The average Bonchev–Trinajstić information content (AvgIpc) is 3.03. The number of rotatable bonds is 17. The predicted octanol–water partition coefficient (Wildman–Crippen LogP) is -0.0974. The number of nitrogens with one attached hydrogen (secondary N) is 3. The number of nitrogens with two attached hydrogens (primary N) is 3. The third kappa shape index (κ3) is 11.4. The molecular weight excluding hydrogens is 621 g/mol. The Hall–Kier alpha value is -4.48. The number of ketones is 1. The van der Waals surface area contributed by atoms with Gasteiger partial charge in [-0.25, -0.2) is 0 Å². The summed E-state index contributed by atoms with van der Waals surface area (Å²) in [6.07, 6.45) is -3.93. The monoisotopic (exact) mass is 660 g/mol. The lowest BCUT2D eigenvalue weighted by atomic mass is 10.0. The Morgan fingerprint density at radius 3 is 2.15 bits per heavy atom. The second kappa shape index (κ2) is 17.4. The largest absolute Gasteiger partial charge is 0.416 e. The van der Waals surface area contributed by atoms with Crippen molar-refractivity contribution in [1.82, 2.24) is 20.5 Å². The second-order valence-electron chi connectivity index (χ2n) is 10.8. The standard InChI is InChI=1S/C31H39F3N8O5/c32-31(33,34)21-7-5-19(6-8-21)13-26(29(46)39-22-14-20-3-1-2-4-25(20)38-16-22)41-30(47)27(40-28(45)24(37)18-43)15-23(44)17-42(11-9-35)12-10-36/h1-8,14,16,24,26-27,43H,9-13,15,17-18,35-37H2,(H,39,46)(H,40,45)(H,41,47). The van der Waals surface area contributed by atoms with Crippen molar-refractivity contribution in [3.8, 4) is 0 Å². The van der Waals surface area contributed by atoms with E-state index >= 15 is 0 Å². The number of fused-ring (bicyclic) bond motifs is 1. The van der Waals surface area contributed by atoms with Crippen LogP contribution in [0.5, 0.6) is 0 Å². The minimum Gasteiger partial charge on any atom is -0.394 e. The molecule has 0 saturated carbocycles. The van der Waals surface area contributed by atoms with Gasteiger partial charge < -0.3 is 38.3 Å². The summed E-state index contributed by atoms with van der Waals surface area (Å²) in [5.74, 6) is -3.07. The smallest absolute Gasteiger partial charge is 0.394 e. The van der Waals surface area contributed by atoms with E-state index in [1.165, 1.54) is 18.3 Å². The number of aliphatic hydroxyl groups excluding tert-OH is 1. The van der Waals surface area contributed by atoms with Crippen LogP contribution >= 0.6 is 0 Å². The molecule has 47 heavy (non-hydrogen) atoms. The fraction of sp³-hybridized carbons (Fsp3) is 0.387. The number of hydrogen-bond acceptors (Lipinski definition) is 10. The summed E-state index contributed by atoms with van der Waals surface area (Å²) >= 11 is 0. The van der Waals surface area contributed by atoms with Crippen molar-refractivity contribution in [2.24, 2.45) is 17.2 Å². The molecule has 10 N–H and O–H groups in total. The fourth-order valence-corrected chi connectivity index (χ4v) is 4.66. The van der Waals surface area contributed by atoms with E-state index in [1.54, 1.807) is 35.2 Å². The quantitative estimate of drug-likeness (QED) is 0.102. The lowest BCUT2D eigenvalue weighted by molar-refractivity contribution is -0.137. The first-order chi connectivity index (χ1) is 22.3. The minimum atomic E-state index is -4.58. The maximum atomic E-state index is 13.6. The lowest BCUT2D eigenvalue weighted by Gasteiger charge is -2.25. The molecule has 0 radical (unpaired) electrons. The Morgan fingerprint density at radius 2 is 1.53 bits per heavy atom. The number of anilines is 1. The summed E-state index contributed by atoms with van der Waals surface area (Å²) < 4.78 is 39.5. The third-order valence-corrected chi connectivity index (χ3v) is 7.10. The van der Waals surface area contributed by atoms with E-state index in [1.807, 2.05) is 0 Å². The van der Waals surface area contributed by atoms with Gasteiger partial charge in [0, 0.05) is 44.4 Å². The molecule has 3 rings (SSSR count). The number of amides is 3. The van der Waals surface area contributed by atoms with Crippen LogP contribution in [0, 0.1) is 0 Å². The van der Waals surface area contributed by atoms with Crippen LogP contribution in [-0.2, 0) is 31.8 Å². The number of alkyl halides is 3. The van der Waals surface area contributed by atoms with E-state index in [2.05, 4.69) is 20.9 Å². The molecule has 0 bridgehead atoms. The molecule has 0 aliphatic carbocycles. The summed E-state index contributed by atoms with van der Waals surface area (Å²) in [6, 6.07) is 8.56. The zero-order chi connectivity index (χ0) is 34.6. The van der Waals surface area contributed by atoms with Gasteiger partial charge in [0.1, 0.15) is 23.9 Å². The highest BCUT2D eigenvalue weighted by Crippen LogP contribution is 2.29. The summed E-state index contributed by atoms with van der Waals surface area (Å²) in [6.45, 7) is 0.304. The number of Topliss-reactive ketones (excluding diaryl/α,β-unsaturated/α-hetero) is 1. The van der Waals surface area contributed by atoms with Gasteiger partial charge in [-0.05, 0) is 29.8 Å². The summed E-state index contributed by atoms with van der Waals surface area (Å²) in [7, 11) is 0. The van der Waals surface area contributed by atoms with Gasteiger partial charge in [-0.15, -0.1) is 0 Å². The van der Waals surface area contributed by atoms with Gasteiger partial charge in [0.25, 0.3) is 0 Å². The summed E-state index contributed by atoms with van der Waals surface area (Å²) in [4.78, 5) is 58.7. The van der Waals surface area contributed by atoms with Crippen LogP contribution in [0.1, 0.15) is 17.5 Å². The van der Waals surface area contributed by atoms with Gasteiger partial charge in [0.2, 0.25) is 17.7 Å². The number of para-hydroxylation sites is 1. The zero-order valence-electron chi connectivity index (χ0n) is 25.5. The fourth-order valence-electron chi connectivity index (χ4n) is 4.66. The van der Waals surface area contributed by atoms with Gasteiger partial charge in [-0.2, -0.15) is 13.2 Å². The van der Waals surface area contributed by atoms with E-state index in [0.717, 1.165) is 12.1 Å². The van der Waals surface area contributed by atoms with Crippen LogP contribution in [0.2, 0.25) is 0 Å². The predicted molar refractivity (Wildman–Crippen MR) is 169 cm³/mol. The molecule has 1 heterocycles. The van der Waals surface area contributed by atoms with Crippen LogP contribution in [0.4, 0.5) is 18.9 Å². The topological polar surface area (TPSA) is 219 Å². The van der Waals surface area contributed by atoms with E-state index in [9.17, 15) is 37.5 Å². The first-order valence-electron chi connectivity index (χ1n) is 14.8. The Kier molecular flexibility index (Phi) is 13.7. The Bertz CT molecular complexity index is 1520. The number of nitrogens with zero attached hydrogens (tertiary/aromatic N) is 2. The number of benzene rings is 2. The van der Waals surface area contributed by atoms with Gasteiger partial charge in [0.05, 0.1) is 36.1 Å². The Labute approximate surface area is 269 Å². The maximum Gasteiger partial charge on any atom is 0.416 e. The Balaban J connectivity index is 1.88. The van der Waals surface area contributed by atoms with Gasteiger partial charge in [-0.3, -0.25) is 29.1 Å². The van der Waals surface area contributed by atoms with Crippen molar-refractivity contribution in [3.63, 3.8) is 0 Å². The molecular formula is C31H39F3N8O5. The first-order valence-corrected chi connectivity index (χ1v) is 14.8. The number of hydrogen-bond donors (Lipinski definition) is 7. The molecule has 0 spiro atoms. The van der Waals surface area contributed by atoms with Crippen molar-refractivity contribution in [3.05, 3.63) is 71.9 Å². The van der Waals surface area contributed by atoms with E-state index < -0.39 is 66.4 Å². The van der Waals surface area contributed by atoms with Crippen molar-refractivity contribution in [2.45, 2.75) is 37.1 Å². The number of carbonyl (C=O) groups is 4. The third-order valence-electron chi connectivity index (χ3n) is 7.10. The van der Waals surface area contributed by atoms with Crippen molar-refractivity contribution >= 4 is 40.1 Å². The van der Waals surface area contributed by atoms with Crippen molar-refractivity contribution in [2.75, 3.05) is 44.6 Å². The first kappa shape index (κ1) is 37.0. The molecule has 0 aliphatic rings. The molecule has 3 aromatic rings. The highest BCUT2D eigenvalue weighted by atomic mass is 19.4. The molecule has 0 saturated heterocycles. The van der Waals surface area contributed by atoms with Gasteiger partial charge in [-0.1, -0.05) is 30.3 Å². The molecule has 0 aliphatic heterocycles. The van der Waals surface area contributed by atoms with E-state index in [4.69, 9.17) is 17.2 Å². The SMILES string of the molecule is NCCN(CCN)CC(=O)CC(NC(=O)C(N)CO)C(=O)NC(Cc1ccc(C(F)(F)F)cc1)C(=O)Nc1cnc2ccccc2c1. The molecule has 254 valence electrons. The van der Waals surface area contributed by atoms with Crippen LogP contribution in [0.25, 0.3) is 10.9 Å². The highest BCUT2D eigenvalue weighted by Gasteiger charge is 2.32. The van der Waals surface area contributed by atoms with Crippen LogP contribution in [-0.4, -0.2) is 96.0 Å².